The van der Waals surface area contributed by atoms with E-state index < -0.39 is 29.4 Å². The zero-order valence-corrected chi connectivity index (χ0v) is 27.5. The topological polar surface area (TPSA) is 151 Å². The van der Waals surface area contributed by atoms with Gasteiger partial charge in [-0.15, -0.1) is 0 Å². The van der Waals surface area contributed by atoms with Crippen molar-refractivity contribution in [3.63, 3.8) is 0 Å². The number of benzene rings is 2. The van der Waals surface area contributed by atoms with Crippen molar-refractivity contribution in [2.75, 3.05) is 17.2 Å². The lowest BCUT2D eigenvalue weighted by Crippen LogP contribution is -2.49. The van der Waals surface area contributed by atoms with E-state index >= 15 is 0 Å². The summed E-state index contributed by atoms with van der Waals surface area (Å²) in [5.41, 5.74) is 1.78. The number of carbonyl (C=O) groups is 3. The Bertz CT molecular complexity index is 1760. The fourth-order valence-corrected chi connectivity index (χ4v) is 4.43. The molecule has 0 saturated heterocycles. The third-order valence-corrected chi connectivity index (χ3v) is 7.02. The fourth-order valence-electron chi connectivity index (χ4n) is 4.43. The van der Waals surface area contributed by atoms with Crippen LogP contribution >= 0.6 is 0 Å². The Morgan fingerprint density at radius 3 is 2.21 bits per heavy atom. The van der Waals surface area contributed by atoms with Gasteiger partial charge in [-0.2, -0.15) is 5.10 Å². The molecule has 0 aliphatic rings. The predicted molar refractivity (Wildman–Crippen MR) is 177 cm³/mol. The average molecular weight is 646 g/mol. The van der Waals surface area contributed by atoms with Crippen LogP contribution < -0.4 is 20.7 Å². The highest BCUT2D eigenvalue weighted by atomic mass is 19.1. The maximum absolute atomic E-state index is 14.9. The number of anilines is 2. The highest BCUT2D eigenvalue weighted by molar-refractivity contribution is 5.99. The summed E-state index contributed by atoms with van der Waals surface area (Å²) in [5, 5.41) is 22.2. The molecule has 0 radical (unpaired) electrons. The van der Waals surface area contributed by atoms with Gasteiger partial charge in [0.2, 0.25) is 5.91 Å². The molecule has 2 aromatic heterocycles. The van der Waals surface area contributed by atoms with Gasteiger partial charge in [-0.3, -0.25) is 20.0 Å². The van der Waals surface area contributed by atoms with E-state index in [-0.39, 0.29) is 29.9 Å². The first-order valence-corrected chi connectivity index (χ1v) is 14.9. The molecule has 0 atom stereocenters. The van der Waals surface area contributed by atoms with Crippen molar-refractivity contribution in [2.45, 2.75) is 66.0 Å². The molecule has 0 aliphatic heterocycles. The molecule has 0 spiro atoms. The van der Waals surface area contributed by atoms with Crippen molar-refractivity contribution < 1.29 is 28.6 Å². The van der Waals surface area contributed by atoms with E-state index in [9.17, 15) is 23.9 Å². The first-order chi connectivity index (χ1) is 22.0. The Morgan fingerprint density at radius 2 is 1.62 bits per heavy atom. The second kappa shape index (κ2) is 13.9. The van der Waals surface area contributed by atoms with E-state index in [1.807, 2.05) is 27.7 Å². The van der Waals surface area contributed by atoms with Gasteiger partial charge in [-0.05, 0) is 63.6 Å². The smallest absolute Gasteiger partial charge is 0.408 e. The Hall–Kier alpha value is -5.46. The summed E-state index contributed by atoms with van der Waals surface area (Å²) in [6.07, 6.45) is 0.423. The minimum absolute atomic E-state index is 0.0387. The molecular weight excluding hydrogens is 605 g/mol. The van der Waals surface area contributed by atoms with Gasteiger partial charge in [0.25, 0.3) is 0 Å². The number of ether oxygens (including phenoxy) is 1. The number of aryl methyl sites for hydroxylation is 1. The fraction of sp³-hybridized carbons (Fsp3) is 0.324. The van der Waals surface area contributed by atoms with Gasteiger partial charge in [0, 0.05) is 47.6 Å². The quantitative estimate of drug-likeness (QED) is 0.156. The minimum atomic E-state index is -1.17. The number of rotatable bonds is 9. The number of urea groups is 1. The van der Waals surface area contributed by atoms with Gasteiger partial charge in [-0.25, -0.2) is 18.7 Å². The molecule has 248 valence electrons. The maximum Gasteiger partial charge on any atom is 0.408 e. The molecule has 4 rings (SSSR count). The van der Waals surface area contributed by atoms with Crippen LogP contribution in [0.2, 0.25) is 0 Å². The summed E-state index contributed by atoms with van der Waals surface area (Å²) >= 11 is 0. The van der Waals surface area contributed by atoms with Gasteiger partial charge >= 0.3 is 12.1 Å². The van der Waals surface area contributed by atoms with Gasteiger partial charge in [0.1, 0.15) is 29.7 Å². The highest BCUT2D eigenvalue weighted by Gasteiger charge is 2.28. The van der Waals surface area contributed by atoms with Crippen LogP contribution in [0.1, 0.15) is 58.5 Å². The number of amides is 4. The van der Waals surface area contributed by atoms with Crippen LogP contribution in [-0.2, 0) is 16.8 Å². The Labute approximate surface area is 273 Å². The molecule has 12 nitrogen and oxygen atoms in total. The van der Waals surface area contributed by atoms with E-state index in [1.54, 1.807) is 80.2 Å². The third kappa shape index (κ3) is 9.28. The Balaban J connectivity index is 1.45. The predicted octanol–water partition coefficient (Wildman–Crippen LogP) is 6.84. The summed E-state index contributed by atoms with van der Waals surface area (Å²) in [5.74, 6) is 0.0384. The van der Waals surface area contributed by atoms with Gasteiger partial charge in [-0.1, -0.05) is 32.9 Å². The van der Waals surface area contributed by atoms with Crippen molar-refractivity contribution in [1.29, 1.82) is 0 Å². The lowest BCUT2D eigenvalue weighted by molar-refractivity contribution is -0.123. The summed E-state index contributed by atoms with van der Waals surface area (Å²) in [6.45, 7) is 12.9. The average Bonchev–Trinajstić information content (AvgIpc) is 3.40. The number of carboxylic acid groups (broad SMARTS) is 1. The lowest BCUT2D eigenvalue weighted by atomic mass is 9.92. The summed E-state index contributed by atoms with van der Waals surface area (Å²) < 4.78 is 22.2. The van der Waals surface area contributed by atoms with Crippen LogP contribution in [0.3, 0.4) is 0 Å². The molecule has 0 aliphatic carbocycles. The standard InChI is InChI=1S/C34H40FN7O5/c1-21-16-25(14-15-36-21)47-24-12-13-27(26(35)17-24)38-31(44)39-29-18-28(33(2,3)4)40-42(29)23-10-8-22(9-11-23)19-37-30(43)20-41(32(45)46)34(5,6)7/h8-18H,19-20H2,1-7H3,(H,37,43)(H,45,46)(H2,38,39,44). The van der Waals surface area contributed by atoms with Crippen LogP contribution in [0, 0.1) is 12.7 Å². The first-order valence-electron chi connectivity index (χ1n) is 14.9. The molecular formula is C34H40FN7O5. The first kappa shape index (κ1) is 34.4. The monoisotopic (exact) mass is 645 g/mol. The van der Waals surface area contributed by atoms with Crippen molar-refractivity contribution in [3.05, 3.63) is 89.6 Å². The zero-order chi connectivity index (χ0) is 34.5. The van der Waals surface area contributed by atoms with Gasteiger partial charge < -0.3 is 20.5 Å². The van der Waals surface area contributed by atoms with E-state index in [1.165, 1.54) is 12.1 Å². The molecule has 47 heavy (non-hydrogen) atoms. The Morgan fingerprint density at radius 1 is 0.936 bits per heavy atom. The van der Waals surface area contributed by atoms with Crippen LogP contribution in [0.4, 0.5) is 25.5 Å². The van der Waals surface area contributed by atoms with Crippen molar-refractivity contribution in [1.82, 2.24) is 25.0 Å². The number of pyridine rings is 1. The molecule has 4 N–H and O–H groups in total. The normalized spacial score (nSPS) is 11.5. The van der Waals surface area contributed by atoms with Crippen molar-refractivity contribution in [2.24, 2.45) is 0 Å². The zero-order valence-electron chi connectivity index (χ0n) is 27.5. The summed E-state index contributed by atoms with van der Waals surface area (Å²) in [7, 11) is 0. The molecule has 0 unspecified atom stereocenters. The number of aromatic nitrogens is 3. The molecule has 0 saturated carbocycles. The molecule has 2 aromatic carbocycles. The number of halogens is 1. The maximum atomic E-state index is 14.9. The number of nitrogens with zero attached hydrogens (tertiary/aromatic N) is 4. The second-order valence-corrected chi connectivity index (χ2v) is 13.0. The van der Waals surface area contributed by atoms with Gasteiger partial charge in [0.05, 0.1) is 17.1 Å². The van der Waals surface area contributed by atoms with Crippen LogP contribution in [0.25, 0.3) is 5.69 Å². The summed E-state index contributed by atoms with van der Waals surface area (Å²) in [4.78, 5) is 42.2. The SMILES string of the molecule is Cc1cc(Oc2ccc(NC(=O)Nc3cc(C(C)(C)C)nn3-c3ccc(CNC(=O)CN(C(=O)O)C(C)(C)C)cc3)c(F)c2)ccn1. The molecule has 0 bridgehead atoms. The van der Waals surface area contributed by atoms with Crippen LogP contribution in [0.5, 0.6) is 11.5 Å². The molecule has 0 fully saturated rings. The largest absolute Gasteiger partial charge is 0.465 e. The van der Waals surface area contributed by atoms with Crippen LogP contribution in [0.15, 0.2) is 66.9 Å². The highest BCUT2D eigenvalue weighted by Crippen LogP contribution is 2.28. The van der Waals surface area contributed by atoms with E-state index in [4.69, 9.17) is 9.84 Å². The molecule has 13 heteroatoms. The molecule has 2 heterocycles. The lowest BCUT2D eigenvalue weighted by Gasteiger charge is -2.32. The van der Waals surface area contributed by atoms with E-state index in [0.29, 0.717) is 22.9 Å². The van der Waals surface area contributed by atoms with E-state index in [2.05, 4.69) is 20.9 Å². The number of carbonyl (C=O) groups excluding carboxylic acids is 2. The van der Waals surface area contributed by atoms with Crippen molar-refractivity contribution in [3.8, 4) is 17.2 Å². The molecule has 4 aromatic rings. The van der Waals surface area contributed by atoms with E-state index in [0.717, 1.165) is 16.2 Å². The molecule has 4 amide bonds. The van der Waals surface area contributed by atoms with Crippen LogP contribution in [-0.4, -0.2) is 54.9 Å². The summed E-state index contributed by atoms with van der Waals surface area (Å²) in [6, 6.07) is 15.8. The third-order valence-electron chi connectivity index (χ3n) is 7.02. The number of hydrogen-bond donors (Lipinski definition) is 4. The Kier molecular flexibility index (Phi) is 10.2. The van der Waals surface area contributed by atoms with Crippen molar-refractivity contribution >= 4 is 29.5 Å². The second-order valence-electron chi connectivity index (χ2n) is 13.0. The van der Waals surface area contributed by atoms with Gasteiger partial charge in [0.15, 0.2) is 0 Å². The number of hydrogen-bond acceptors (Lipinski definition) is 6. The minimum Gasteiger partial charge on any atom is -0.465 e. The number of nitrogens with one attached hydrogen (secondary N) is 3.